The Morgan fingerprint density at radius 3 is 2.09 bits per heavy atom. The first kappa shape index (κ1) is 17.8. The van der Waals surface area contributed by atoms with Gasteiger partial charge in [-0.2, -0.15) is 0 Å². The molecule has 9 heteroatoms. The molecular weight excluding hydrogens is 316 g/mol. The van der Waals surface area contributed by atoms with Gasteiger partial charge in [-0.15, -0.1) is 11.6 Å². The van der Waals surface area contributed by atoms with Gasteiger partial charge in [0.2, 0.25) is 0 Å². The molecule has 1 aromatic carbocycles. The minimum Gasteiger partial charge on any atom is -0.480 e. The number of hydrogen-bond donors (Lipinski definition) is 1. The van der Waals surface area contributed by atoms with Crippen LogP contribution in [-0.2, 0) is 10.2 Å². The normalized spacial score (nSPS) is 12.8. The quantitative estimate of drug-likeness (QED) is 0.512. The molecule has 120 valence electrons. The Balaban J connectivity index is 4.00. The van der Waals surface area contributed by atoms with Crippen molar-refractivity contribution in [2.75, 3.05) is 0 Å². The smallest absolute Gasteiger partial charge is 0.326 e. The molecule has 0 amide bonds. The second-order valence-electron chi connectivity index (χ2n) is 5.80. The molecular formula is C13H15ClN2O6. The lowest BCUT2D eigenvalue weighted by Crippen LogP contribution is -2.20. The number of carboxylic acid groups (broad SMARTS) is 1. The summed E-state index contributed by atoms with van der Waals surface area (Å²) in [5.41, 5.74) is -2.09. The minimum atomic E-state index is -1.67. The zero-order valence-corrected chi connectivity index (χ0v) is 13.2. The fraction of sp³-hybridized carbons (Fsp3) is 0.462. The molecule has 0 heterocycles. The SMILES string of the molecule is Cc1c([N+](=O)[O-])cc(C(C)(C)C)c(C(Cl)C(=O)O)c1[N+](=O)[O-]. The van der Waals surface area contributed by atoms with Gasteiger partial charge in [-0.1, -0.05) is 20.8 Å². The van der Waals surface area contributed by atoms with E-state index in [2.05, 4.69) is 0 Å². The summed E-state index contributed by atoms with van der Waals surface area (Å²) < 4.78 is 0. The average Bonchev–Trinajstić information content (AvgIpc) is 2.34. The number of benzene rings is 1. The molecule has 8 nitrogen and oxygen atoms in total. The van der Waals surface area contributed by atoms with Crippen LogP contribution in [-0.4, -0.2) is 20.9 Å². The number of rotatable bonds is 4. The average molecular weight is 331 g/mol. The van der Waals surface area contributed by atoms with E-state index in [0.29, 0.717) is 0 Å². The van der Waals surface area contributed by atoms with Crippen molar-refractivity contribution >= 4 is 28.9 Å². The van der Waals surface area contributed by atoms with Crippen LogP contribution in [0.15, 0.2) is 6.07 Å². The predicted octanol–water partition coefficient (Wildman–Crippen LogP) is 3.47. The van der Waals surface area contributed by atoms with Crippen molar-refractivity contribution in [1.29, 1.82) is 0 Å². The molecule has 0 aliphatic carbocycles. The fourth-order valence-electron chi connectivity index (χ4n) is 2.20. The Morgan fingerprint density at radius 2 is 1.77 bits per heavy atom. The van der Waals surface area contributed by atoms with Gasteiger partial charge in [-0.3, -0.25) is 25.0 Å². The van der Waals surface area contributed by atoms with Crippen molar-refractivity contribution < 1.29 is 19.7 Å². The van der Waals surface area contributed by atoms with Crippen molar-refractivity contribution in [2.45, 2.75) is 38.5 Å². The van der Waals surface area contributed by atoms with E-state index in [1.54, 1.807) is 20.8 Å². The molecule has 1 unspecified atom stereocenters. The summed E-state index contributed by atoms with van der Waals surface area (Å²) in [7, 11) is 0. The standard InChI is InChI=1S/C13H15ClN2O6/c1-6-8(15(19)20)5-7(13(2,3)4)9(10(14)12(17)18)11(6)16(21)22/h5,10H,1-4H3,(H,17,18). The molecule has 1 aromatic rings. The Morgan fingerprint density at radius 1 is 1.27 bits per heavy atom. The number of aliphatic carboxylic acids is 1. The lowest BCUT2D eigenvalue weighted by atomic mass is 9.80. The molecule has 0 aliphatic rings. The van der Waals surface area contributed by atoms with Crippen LogP contribution in [0.1, 0.15) is 42.8 Å². The van der Waals surface area contributed by atoms with E-state index in [9.17, 15) is 25.0 Å². The summed E-state index contributed by atoms with van der Waals surface area (Å²) in [5, 5.41) is 29.9. The third-order valence-electron chi connectivity index (χ3n) is 3.22. The van der Waals surface area contributed by atoms with E-state index in [0.717, 1.165) is 6.07 Å². The summed E-state index contributed by atoms with van der Waals surface area (Å²) in [6, 6.07) is 1.16. The zero-order chi connectivity index (χ0) is 17.4. The van der Waals surface area contributed by atoms with Gasteiger partial charge in [0.25, 0.3) is 11.4 Å². The largest absolute Gasteiger partial charge is 0.480 e. The highest BCUT2D eigenvalue weighted by Crippen LogP contribution is 2.44. The van der Waals surface area contributed by atoms with E-state index < -0.39 is 38.0 Å². The molecule has 0 bridgehead atoms. The monoisotopic (exact) mass is 330 g/mol. The van der Waals surface area contributed by atoms with Crippen LogP contribution < -0.4 is 0 Å². The molecule has 1 rings (SSSR count). The van der Waals surface area contributed by atoms with Gasteiger partial charge in [0.1, 0.15) is 5.56 Å². The number of carboxylic acids is 1. The van der Waals surface area contributed by atoms with Gasteiger partial charge in [0, 0.05) is 6.07 Å². The summed E-state index contributed by atoms with van der Waals surface area (Å²) in [6.45, 7) is 6.21. The Kier molecular flexibility index (Phi) is 4.76. The summed E-state index contributed by atoms with van der Waals surface area (Å²) in [4.78, 5) is 32.1. The van der Waals surface area contributed by atoms with Gasteiger partial charge in [0.05, 0.1) is 15.4 Å². The molecule has 1 N–H and O–H groups in total. The lowest BCUT2D eigenvalue weighted by molar-refractivity contribution is -0.395. The maximum Gasteiger partial charge on any atom is 0.326 e. The predicted molar refractivity (Wildman–Crippen MR) is 79.4 cm³/mol. The first-order valence-electron chi connectivity index (χ1n) is 6.23. The van der Waals surface area contributed by atoms with Crippen molar-refractivity contribution in [1.82, 2.24) is 0 Å². The van der Waals surface area contributed by atoms with E-state index in [4.69, 9.17) is 16.7 Å². The molecule has 0 saturated carbocycles. The van der Waals surface area contributed by atoms with Crippen LogP contribution in [0, 0.1) is 27.2 Å². The Labute approximate surface area is 131 Å². The number of carbonyl (C=O) groups is 1. The zero-order valence-electron chi connectivity index (χ0n) is 12.4. The number of nitro groups is 2. The van der Waals surface area contributed by atoms with Gasteiger partial charge >= 0.3 is 5.97 Å². The number of hydrogen-bond acceptors (Lipinski definition) is 5. The molecule has 0 fully saturated rings. The second-order valence-corrected chi connectivity index (χ2v) is 6.23. The van der Waals surface area contributed by atoms with E-state index in [1.807, 2.05) is 0 Å². The van der Waals surface area contributed by atoms with Gasteiger partial charge in [-0.05, 0) is 17.9 Å². The van der Waals surface area contributed by atoms with E-state index in [-0.39, 0.29) is 16.7 Å². The van der Waals surface area contributed by atoms with Crippen molar-refractivity contribution in [3.8, 4) is 0 Å². The van der Waals surface area contributed by atoms with Crippen LogP contribution in [0.3, 0.4) is 0 Å². The van der Waals surface area contributed by atoms with Crippen molar-refractivity contribution in [2.24, 2.45) is 0 Å². The number of nitrogens with zero attached hydrogens (tertiary/aromatic N) is 2. The molecule has 0 aromatic heterocycles. The van der Waals surface area contributed by atoms with E-state index in [1.165, 1.54) is 6.92 Å². The summed E-state index contributed by atoms with van der Waals surface area (Å²) in [5.74, 6) is -1.46. The summed E-state index contributed by atoms with van der Waals surface area (Å²) >= 11 is 5.83. The van der Waals surface area contributed by atoms with Crippen molar-refractivity contribution in [3.05, 3.63) is 43.0 Å². The molecule has 22 heavy (non-hydrogen) atoms. The molecule has 0 radical (unpaired) electrons. The highest BCUT2D eigenvalue weighted by Gasteiger charge is 2.38. The maximum absolute atomic E-state index is 11.4. The highest BCUT2D eigenvalue weighted by molar-refractivity contribution is 6.30. The lowest BCUT2D eigenvalue weighted by Gasteiger charge is -2.24. The third-order valence-corrected chi connectivity index (χ3v) is 3.63. The van der Waals surface area contributed by atoms with Crippen LogP contribution in [0.2, 0.25) is 0 Å². The topological polar surface area (TPSA) is 124 Å². The first-order chi connectivity index (χ1) is 9.89. The molecule has 0 saturated heterocycles. The fourth-order valence-corrected chi connectivity index (χ4v) is 2.42. The van der Waals surface area contributed by atoms with Gasteiger partial charge in [0.15, 0.2) is 5.38 Å². The highest BCUT2D eigenvalue weighted by atomic mass is 35.5. The van der Waals surface area contributed by atoms with Crippen molar-refractivity contribution in [3.63, 3.8) is 0 Å². The van der Waals surface area contributed by atoms with Gasteiger partial charge < -0.3 is 5.11 Å². The second kappa shape index (κ2) is 5.88. The van der Waals surface area contributed by atoms with Crippen LogP contribution in [0.5, 0.6) is 0 Å². The Hall–Kier alpha value is -2.22. The first-order valence-corrected chi connectivity index (χ1v) is 6.66. The number of nitro benzene ring substituents is 2. The van der Waals surface area contributed by atoms with Crippen LogP contribution in [0.25, 0.3) is 0 Å². The molecule has 1 atom stereocenters. The van der Waals surface area contributed by atoms with Gasteiger partial charge in [-0.25, -0.2) is 0 Å². The van der Waals surface area contributed by atoms with Crippen LogP contribution >= 0.6 is 11.6 Å². The summed E-state index contributed by atoms with van der Waals surface area (Å²) in [6.07, 6.45) is 0. The third kappa shape index (κ3) is 3.16. The molecule has 0 aliphatic heterocycles. The minimum absolute atomic E-state index is 0.166. The Bertz CT molecular complexity index is 665. The number of halogens is 1. The maximum atomic E-state index is 11.4. The number of alkyl halides is 1. The molecule has 0 spiro atoms. The van der Waals surface area contributed by atoms with Crippen LogP contribution in [0.4, 0.5) is 11.4 Å². The van der Waals surface area contributed by atoms with E-state index >= 15 is 0 Å².